The predicted molar refractivity (Wildman–Crippen MR) is 134 cm³/mol. The van der Waals surface area contributed by atoms with Crippen molar-refractivity contribution in [3.05, 3.63) is 0 Å². The Balaban J connectivity index is 3.12. The highest BCUT2D eigenvalue weighted by atomic mass is 32.2. The molecule has 188 valence electrons. The summed E-state index contributed by atoms with van der Waals surface area (Å²) in [7, 11) is -3.94. The van der Waals surface area contributed by atoms with Crippen molar-refractivity contribution in [3.8, 4) is 0 Å². The van der Waals surface area contributed by atoms with Crippen molar-refractivity contribution in [1.82, 2.24) is 0 Å². The molecule has 0 rings (SSSR count). The molecule has 4 nitrogen and oxygen atoms in total. The van der Waals surface area contributed by atoms with Crippen molar-refractivity contribution in [2.24, 2.45) is 0 Å². The van der Waals surface area contributed by atoms with Gasteiger partial charge < -0.3 is 5.11 Å². The molecule has 0 fully saturated rings. The van der Waals surface area contributed by atoms with Gasteiger partial charge in [-0.25, -0.2) is 0 Å². The Labute approximate surface area is 194 Å². The third kappa shape index (κ3) is 27.8. The van der Waals surface area contributed by atoms with Gasteiger partial charge in [-0.1, -0.05) is 142 Å². The first-order valence-electron chi connectivity index (χ1n) is 13.6. The van der Waals surface area contributed by atoms with E-state index in [4.69, 9.17) is 4.55 Å². The Morgan fingerprint density at radius 2 is 0.806 bits per heavy atom. The van der Waals surface area contributed by atoms with E-state index in [1.807, 2.05) is 0 Å². The summed E-state index contributed by atoms with van der Waals surface area (Å²) in [5, 5.41) is 9.70. The van der Waals surface area contributed by atoms with Crippen LogP contribution in [0.5, 0.6) is 0 Å². The molecule has 1 unspecified atom stereocenters. The minimum Gasteiger partial charge on any atom is -0.393 e. The Morgan fingerprint density at radius 1 is 0.516 bits per heavy atom. The molecule has 0 saturated heterocycles. The first kappa shape index (κ1) is 30.9. The van der Waals surface area contributed by atoms with Crippen molar-refractivity contribution < 1.29 is 18.1 Å². The summed E-state index contributed by atoms with van der Waals surface area (Å²) in [6, 6.07) is 0. The molecule has 0 aromatic rings. The van der Waals surface area contributed by atoms with E-state index in [1.165, 1.54) is 122 Å². The predicted octanol–water partition coefficient (Wildman–Crippen LogP) is 8.23. The minimum absolute atomic E-state index is 0.137. The Hall–Kier alpha value is -0.130. The SMILES string of the molecule is CCCCCCCCCCCCCCCCCCCCCCCC(O)CCS(=O)(=O)O. The zero-order chi connectivity index (χ0) is 23.0. The van der Waals surface area contributed by atoms with E-state index >= 15 is 0 Å². The van der Waals surface area contributed by atoms with Crippen LogP contribution < -0.4 is 0 Å². The van der Waals surface area contributed by atoms with Crippen LogP contribution in [0.15, 0.2) is 0 Å². The molecule has 31 heavy (non-hydrogen) atoms. The summed E-state index contributed by atoms with van der Waals surface area (Å²) in [5.74, 6) is -0.340. The second-order valence-electron chi connectivity index (χ2n) is 9.59. The van der Waals surface area contributed by atoms with E-state index in [9.17, 15) is 13.5 Å². The fraction of sp³-hybridized carbons (Fsp3) is 1.00. The highest BCUT2D eigenvalue weighted by Crippen LogP contribution is 2.15. The lowest BCUT2D eigenvalue weighted by Crippen LogP contribution is -2.14. The molecule has 0 aliphatic rings. The monoisotopic (exact) mass is 462 g/mol. The lowest BCUT2D eigenvalue weighted by Gasteiger charge is -2.09. The topological polar surface area (TPSA) is 74.6 Å². The van der Waals surface area contributed by atoms with E-state index in [0.29, 0.717) is 6.42 Å². The molecule has 0 heterocycles. The lowest BCUT2D eigenvalue weighted by atomic mass is 10.0. The first-order valence-corrected chi connectivity index (χ1v) is 15.2. The van der Waals surface area contributed by atoms with Crippen molar-refractivity contribution in [2.75, 3.05) is 5.75 Å². The lowest BCUT2D eigenvalue weighted by molar-refractivity contribution is 0.156. The Bertz CT molecular complexity index is 450. The van der Waals surface area contributed by atoms with Gasteiger partial charge >= 0.3 is 0 Å². The fourth-order valence-electron chi connectivity index (χ4n) is 4.24. The third-order valence-electron chi connectivity index (χ3n) is 6.35. The molecular weight excluding hydrogens is 408 g/mol. The summed E-state index contributed by atoms with van der Waals surface area (Å²) in [5.41, 5.74) is 0. The summed E-state index contributed by atoms with van der Waals surface area (Å²) in [6.45, 7) is 2.28. The maximum absolute atomic E-state index is 10.6. The highest BCUT2D eigenvalue weighted by Gasteiger charge is 2.10. The maximum Gasteiger partial charge on any atom is 0.264 e. The molecule has 0 bridgehead atoms. The third-order valence-corrected chi connectivity index (χ3v) is 7.10. The molecule has 0 aromatic carbocycles. The van der Waals surface area contributed by atoms with Crippen LogP contribution in [0.2, 0.25) is 0 Å². The Morgan fingerprint density at radius 3 is 1.10 bits per heavy atom. The van der Waals surface area contributed by atoms with E-state index < -0.39 is 16.2 Å². The molecule has 0 saturated carbocycles. The van der Waals surface area contributed by atoms with Crippen LogP contribution in [0.3, 0.4) is 0 Å². The number of unbranched alkanes of at least 4 members (excludes halogenated alkanes) is 20. The van der Waals surface area contributed by atoms with Gasteiger partial charge in [-0.3, -0.25) is 4.55 Å². The second kappa shape index (κ2) is 23.0. The molecule has 0 radical (unpaired) electrons. The zero-order valence-corrected chi connectivity index (χ0v) is 21.5. The van der Waals surface area contributed by atoms with E-state index in [-0.39, 0.29) is 12.2 Å². The minimum atomic E-state index is -3.94. The highest BCUT2D eigenvalue weighted by molar-refractivity contribution is 7.85. The van der Waals surface area contributed by atoms with Crippen LogP contribution in [-0.2, 0) is 10.1 Å². The average Bonchev–Trinajstić information content (AvgIpc) is 2.73. The van der Waals surface area contributed by atoms with Gasteiger partial charge in [0.1, 0.15) is 0 Å². The molecule has 0 aromatic heterocycles. The zero-order valence-electron chi connectivity index (χ0n) is 20.7. The largest absolute Gasteiger partial charge is 0.393 e. The number of aliphatic hydroxyl groups excluding tert-OH is 1. The van der Waals surface area contributed by atoms with Crippen molar-refractivity contribution >= 4 is 10.1 Å². The molecule has 0 amide bonds. The fourth-order valence-corrected chi connectivity index (χ4v) is 4.81. The van der Waals surface area contributed by atoms with Gasteiger partial charge in [0.15, 0.2) is 0 Å². The van der Waals surface area contributed by atoms with Gasteiger partial charge in [0, 0.05) is 0 Å². The van der Waals surface area contributed by atoms with Crippen LogP contribution >= 0.6 is 0 Å². The molecule has 5 heteroatoms. The molecule has 0 aliphatic carbocycles. The van der Waals surface area contributed by atoms with Crippen LogP contribution in [0.1, 0.15) is 155 Å². The average molecular weight is 463 g/mol. The molecule has 0 aliphatic heterocycles. The van der Waals surface area contributed by atoms with Gasteiger partial charge in [0.05, 0.1) is 11.9 Å². The van der Waals surface area contributed by atoms with E-state index in [1.54, 1.807) is 0 Å². The second-order valence-corrected chi connectivity index (χ2v) is 11.2. The molecular formula is C26H54O4S. The summed E-state index contributed by atoms with van der Waals surface area (Å²) in [6.07, 6.45) is 28.6. The van der Waals surface area contributed by atoms with Gasteiger partial charge in [-0.15, -0.1) is 0 Å². The van der Waals surface area contributed by atoms with Gasteiger partial charge in [-0.2, -0.15) is 8.42 Å². The number of hydrogen-bond donors (Lipinski definition) is 2. The van der Waals surface area contributed by atoms with E-state index in [0.717, 1.165) is 12.8 Å². The summed E-state index contributed by atoms with van der Waals surface area (Å²) in [4.78, 5) is 0. The smallest absolute Gasteiger partial charge is 0.264 e. The number of rotatable bonds is 25. The Kier molecular flexibility index (Phi) is 22.9. The normalized spacial score (nSPS) is 13.0. The summed E-state index contributed by atoms with van der Waals surface area (Å²) >= 11 is 0. The van der Waals surface area contributed by atoms with Crippen LogP contribution in [0.25, 0.3) is 0 Å². The van der Waals surface area contributed by atoms with Crippen LogP contribution in [0.4, 0.5) is 0 Å². The summed E-state index contributed by atoms with van der Waals surface area (Å²) < 4.78 is 30.0. The van der Waals surface area contributed by atoms with Gasteiger partial charge in [0.25, 0.3) is 10.1 Å². The van der Waals surface area contributed by atoms with E-state index in [2.05, 4.69) is 6.92 Å². The first-order chi connectivity index (χ1) is 15.0. The maximum atomic E-state index is 10.6. The van der Waals surface area contributed by atoms with Gasteiger partial charge in [0.2, 0.25) is 0 Å². The molecule has 2 N–H and O–H groups in total. The number of aliphatic hydroxyl groups is 1. The van der Waals surface area contributed by atoms with Crippen molar-refractivity contribution in [3.63, 3.8) is 0 Å². The van der Waals surface area contributed by atoms with Gasteiger partial charge in [-0.05, 0) is 12.8 Å². The van der Waals surface area contributed by atoms with Crippen molar-refractivity contribution in [2.45, 2.75) is 161 Å². The van der Waals surface area contributed by atoms with Crippen LogP contribution in [0, 0.1) is 0 Å². The molecule has 0 spiro atoms. The number of hydrogen-bond acceptors (Lipinski definition) is 3. The molecule has 1 atom stereocenters. The van der Waals surface area contributed by atoms with Crippen LogP contribution in [-0.4, -0.2) is 29.9 Å². The quantitative estimate of drug-likeness (QED) is 0.106. The van der Waals surface area contributed by atoms with Crippen molar-refractivity contribution in [1.29, 1.82) is 0 Å². The standard InChI is InChI=1S/C26H54O4S/c1-2-3-4-5-6-7-8-9-10-11-12-13-14-15-16-17-18-19-20-21-22-23-26(27)24-25-31(28,29)30/h26-27H,2-25H2,1H3,(H,28,29,30).